The van der Waals surface area contributed by atoms with Crippen molar-refractivity contribution in [1.82, 2.24) is 14.7 Å². The van der Waals surface area contributed by atoms with Crippen LogP contribution in [0.2, 0.25) is 5.02 Å². The molecule has 0 N–H and O–H groups in total. The van der Waals surface area contributed by atoms with Gasteiger partial charge in [0.15, 0.2) is 5.76 Å². The number of carbonyl (C=O) groups is 1. The Balaban J connectivity index is 1.35. The zero-order valence-electron chi connectivity index (χ0n) is 19.3. The van der Waals surface area contributed by atoms with Crippen molar-refractivity contribution in [2.24, 2.45) is 0 Å². The van der Waals surface area contributed by atoms with Gasteiger partial charge in [0.05, 0.1) is 17.6 Å². The minimum Gasteiger partial charge on any atom is -0.450 e. The van der Waals surface area contributed by atoms with Crippen molar-refractivity contribution in [1.29, 1.82) is 0 Å². The molecule has 1 amide bonds. The van der Waals surface area contributed by atoms with E-state index >= 15 is 0 Å². The van der Waals surface area contributed by atoms with Gasteiger partial charge in [0, 0.05) is 37.1 Å². The molecule has 1 aliphatic heterocycles. The maximum absolute atomic E-state index is 13.3. The van der Waals surface area contributed by atoms with E-state index in [2.05, 4.69) is 11.2 Å². The Morgan fingerprint density at radius 3 is 2.32 bits per heavy atom. The summed E-state index contributed by atoms with van der Waals surface area (Å²) < 4.78 is 7.34. The summed E-state index contributed by atoms with van der Waals surface area (Å²) in [6, 6.07) is 13.2. The van der Waals surface area contributed by atoms with Gasteiger partial charge in [0.1, 0.15) is 10.6 Å². The van der Waals surface area contributed by atoms with Crippen LogP contribution in [0.4, 0.5) is 5.69 Å². The van der Waals surface area contributed by atoms with Crippen molar-refractivity contribution in [2.75, 3.05) is 31.1 Å². The second-order valence-corrected chi connectivity index (χ2v) is 9.01. The van der Waals surface area contributed by atoms with Crippen molar-refractivity contribution < 1.29 is 9.21 Å². The lowest BCUT2D eigenvalue weighted by Crippen LogP contribution is -2.49. The second-order valence-electron chi connectivity index (χ2n) is 8.64. The van der Waals surface area contributed by atoms with Crippen LogP contribution in [0.5, 0.6) is 0 Å². The molecule has 0 saturated carbocycles. The van der Waals surface area contributed by atoms with Crippen molar-refractivity contribution in [3.05, 3.63) is 86.5 Å². The fourth-order valence-electron chi connectivity index (χ4n) is 4.57. The molecule has 3 heterocycles. The van der Waals surface area contributed by atoms with Crippen LogP contribution >= 0.6 is 11.6 Å². The number of amides is 1. The summed E-state index contributed by atoms with van der Waals surface area (Å²) in [4.78, 5) is 29.9. The van der Waals surface area contributed by atoms with E-state index in [1.165, 1.54) is 4.68 Å². The van der Waals surface area contributed by atoms with E-state index in [0.29, 0.717) is 43.3 Å². The summed E-state index contributed by atoms with van der Waals surface area (Å²) in [6.45, 7) is 8.02. The Kier molecular flexibility index (Phi) is 5.65. The molecule has 2 aromatic heterocycles. The lowest BCUT2D eigenvalue weighted by molar-refractivity contribution is 0.0716. The van der Waals surface area contributed by atoms with Gasteiger partial charge in [0.25, 0.3) is 11.5 Å². The first-order chi connectivity index (χ1) is 16.4. The third-order valence-electron chi connectivity index (χ3n) is 6.49. The van der Waals surface area contributed by atoms with Crippen LogP contribution in [0, 0.1) is 20.8 Å². The van der Waals surface area contributed by atoms with Crippen LogP contribution in [0.3, 0.4) is 0 Å². The number of benzene rings is 2. The van der Waals surface area contributed by atoms with Gasteiger partial charge < -0.3 is 14.2 Å². The molecule has 0 spiro atoms. The van der Waals surface area contributed by atoms with Crippen molar-refractivity contribution in [3.8, 4) is 5.69 Å². The third-order valence-corrected chi connectivity index (χ3v) is 6.84. The van der Waals surface area contributed by atoms with Gasteiger partial charge in [-0.05, 0) is 44.0 Å². The average Bonchev–Trinajstić information content (AvgIpc) is 3.22. The van der Waals surface area contributed by atoms with Gasteiger partial charge in [0.2, 0.25) is 0 Å². The number of hydrogen-bond acceptors (Lipinski definition) is 5. The molecule has 1 fully saturated rings. The largest absolute Gasteiger partial charge is 0.450 e. The Bertz CT molecular complexity index is 1450. The lowest BCUT2D eigenvalue weighted by atomic mass is 10.0. The van der Waals surface area contributed by atoms with Crippen LogP contribution in [-0.4, -0.2) is 46.8 Å². The van der Waals surface area contributed by atoms with E-state index in [-0.39, 0.29) is 16.5 Å². The van der Waals surface area contributed by atoms with Crippen LogP contribution in [0.25, 0.3) is 16.7 Å². The first-order valence-corrected chi connectivity index (χ1v) is 11.6. The molecule has 0 bridgehead atoms. The Hall–Kier alpha value is -3.58. The monoisotopic (exact) mass is 476 g/mol. The fraction of sp³-hybridized carbons (Fsp3) is 0.269. The van der Waals surface area contributed by atoms with Crippen LogP contribution in [-0.2, 0) is 0 Å². The molecule has 0 unspecified atom stereocenters. The van der Waals surface area contributed by atoms with E-state index in [9.17, 15) is 9.59 Å². The van der Waals surface area contributed by atoms with Crippen LogP contribution in [0.1, 0.15) is 27.2 Å². The second kappa shape index (κ2) is 8.65. The normalized spacial score (nSPS) is 14.1. The van der Waals surface area contributed by atoms with Gasteiger partial charge in [-0.25, -0.2) is 0 Å². The maximum Gasteiger partial charge on any atom is 0.292 e. The first kappa shape index (κ1) is 22.2. The van der Waals surface area contributed by atoms with Gasteiger partial charge in [-0.2, -0.15) is 9.78 Å². The van der Waals surface area contributed by atoms with Crippen molar-refractivity contribution in [3.63, 3.8) is 0 Å². The molecule has 0 aliphatic carbocycles. The average molecular weight is 477 g/mol. The maximum atomic E-state index is 13.3. The molecule has 34 heavy (non-hydrogen) atoms. The topological polar surface area (TPSA) is 71.6 Å². The molecule has 4 aromatic rings. The minimum atomic E-state index is -0.368. The van der Waals surface area contributed by atoms with Gasteiger partial charge in [-0.3, -0.25) is 9.59 Å². The van der Waals surface area contributed by atoms with E-state index in [1.54, 1.807) is 23.2 Å². The van der Waals surface area contributed by atoms with Crippen molar-refractivity contribution >= 4 is 34.2 Å². The molecule has 0 atom stereocenters. The van der Waals surface area contributed by atoms with Crippen LogP contribution in [0.15, 0.2) is 57.9 Å². The standard InChI is InChI=1S/C26H25ClN4O3/c1-16-9-10-17(2)23-21(16)18(3)24(34-23)26(33)30-13-11-29(12-14-30)20-15-28-31(25(32)22(20)27)19-7-5-4-6-8-19/h4-10,15H,11-14H2,1-3H3. The van der Waals surface area contributed by atoms with Gasteiger partial charge in [-0.15, -0.1) is 0 Å². The highest BCUT2D eigenvalue weighted by molar-refractivity contribution is 6.33. The number of carbonyl (C=O) groups excluding carboxylic acids is 1. The molecule has 0 radical (unpaired) electrons. The van der Waals surface area contributed by atoms with Gasteiger partial charge >= 0.3 is 0 Å². The molecule has 1 aliphatic rings. The number of halogens is 1. The lowest BCUT2D eigenvalue weighted by Gasteiger charge is -2.35. The Labute approximate surface area is 202 Å². The van der Waals surface area contributed by atoms with Gasteiger partial charge in [-0.1, -0.05) is 41.9 Å². The molecular formula is C26H25ClN4O3. The SMILES string of the molecule is Cc1ccc(C)c2c(C)c(C(=O)N3CCN(c4cnn(-c5ccccc5)c(=O)c4Cl)CC3)oc12. The first-order valence-electron chi connectivity index (χ1n) is 11.2. The number of aromatic nitrogens is 2. The number of para-hydroxylation sites is 1. The molecule has 174 valence electrons. The number of piperazine rings is 1. The molecular weight excluding hydrogens is 452 g/mol. The number of nitrogens with zero attached hydrogens (tertiary/aromatic N) is 4. The third kappa shape index (κ3) is 3.66. The summed E-state index contributed by atoms with van der Waals surface area (Å²) in [5, 5.41) is 5.46. The van der Waals surface area contributed by atoms with E-state index in [1.807, 2.05) is 49.9 Å². The highest BCUT2D eigenvalue weighted by Crippen LogP contribution is 2.32. The van der Waals surface area contributed by atoms with E-state index in [4.69, 9.17) is 16.0 Å². The minimum absolute atomic E-state index is 0.115. The molecule has 7 nitrogen and oxygen atoms in total. The number of anilines is 1. The molecule has 2 aromatic carbocycles. The number of hydrogen-bond donors (Lipinski definition) is 0. The highest BCUT2D eigenvalue weighted by atomic mass is 35.5. The summed E-state index contributed by atoms with van der Waals surface area (Å²) >= 11 is 6.46. The van der Waals surface area contributed by atoms with E-state index < -0.39 is 0 Å². The van der Waals surface area contributed by atoms with Crippen molar-refractivity contribution in [2.45, 2.75) is 20.8 Å². The number of aryl methyl sites for hydroxylation is 3. The molecule has 5 rings (SSSR count). The predicted octanol–water partition coefficient (Wildman–Crippen LogP) is 4.52. The molecule has 8 heteroatoms. The zero-order valence-corrected chi connectivity index (χ0v) is 20.1. The Morgan fingerprint density at radius 1 is 0.971 bits per heavy atom. The number of fused-ring (bicyclic) bond motifs is 1. The summed E-state index contributed by atoms with van der Waals surface area (Å²) in [5.74, 6) is 0.280. The Morgan fingerprint density at radius 2 is 1.65 bits per heavy atom. The summed E-state index contributed by atoms with van der Waals surface area (Å²) in [7, 11) is 0. The fourth-order valence-corrected chi connectivity index (χ4v) is 4.82. The number of furan rings is 1. The number of rotatable bonds is 3. The zero-order chi connectivity index (χ0) is 24.0. The van der Waals surface area contributed by atoms with Crippen LogP contribution < -0.4 is 10.5 Å². The highest BCUT2D eigenvalue weighted by Gasteiger charge is 2.28. The van der Waals surface area contributed by atoms with E-state index in [0.717, 1.165) is 27.7 Å². The smallest absolute Gasteiger partial charge is 0.292 e. The predicted molar refractivity (Wildman–Crippen MR) is 133 cm³/mol. The molecule has 1 saturated heterocycles. The summed E-state index contributed by atoms with van der Waals surface area (Å²) in [6.07, 6.45) is 1.61. The summed E-state index contributed by atoms with van der Waals surface area (Å²) in [5.41, 5.74) is 4.63. The quantitative estimate of drug-likeness (QED) is 0.434.